The first-order valence-electron chi connectivity index (χ1n) is 6.31. The number of aromatic nitrogens is 1. The van der Waals surface area contributed by atoms with E-state index < -0.39 is 0 Å². The SMILES string of the molecule is CCNCc1ccc(SCc2ccc(Cl)cc2)nc1. The molecule has 0 saturated carbocycles. The molecule has 0 fully saturated rings. The summed E-state index contributed by atoms with van der Waals surface area (Å²) < 4.78 is 0. The molecule has 1 aromatic heterocycles. The van der Waals surface area contributed by atoms with Crippen molar-refractivity contribution in [2.75, 3.05) is 6.54 Å². The summed E-state index contributed by atoms with van der Waals surface area (Å²) in [6, 6.07) is 12.1. The number of pyridine rings is 1. The number of thioether (sulfide) groups is 1. The normalized spacial score (nSPS) is 10.6. The van der Waals surface area contributed by atoms with E-state index in [0.717, 1.165) is 28.9 Å². The van der Waals surface area contributed by atoms with Crippen molar-refractivity contribution < 1.29 is 0 Å². The molecule has 2 nitrogen and oxygen atoms in total. The average Bonchev–Trinajstić information content (AvgIpc) is 2.46. The van der Waals surface area contributed by atoms with Gasteiger partial charge in [0.05, 0.1) is 5.03 Å². The number of hydrogen-bond donors (Lipinski definition) is 1. The zero-order chi connectivity index (χ0) is 13.5. The van der Waals surface area contributed by atoms with Crippen molar-refractivity contribution in [2.45, 2.75) is 24.2 Å². The highest BCUT2D eigenvalue weighted by molar-refractivity contribution is 7.98. The van der Waals surface area contributed by atoms with Crippen LogP contribution < -0.4 is 5.32 Å². The zero-order valence-electron chi connectivity index (χ0n) is 10.9. The molecule has 0 radical (unpaired) electrons. The Bertz CT molecular complexity index is 497. The van der Waals surface area contributed by atoms with E-state index in [1.807, 2.05) is 18.3 Å². The van der Waals surface area contributed by atoms with Crippen LogP contribution in [0.1, 0.15) is 18.1 Å². The standard InChI is InChI=1S/C15H17ClN2S/c1-2-17-9-13-5-8-15(18-10-13)19-11-12-3-6-14(16)7-4-12/h3-8,10,17H,2,9,11H2,1H3. The Morgan fingerprint density at radius 3 is 2.47 bits per heavy atom. The summed E-state index contributed by atoms with van der Waals surface area (Å²) in [5, 5.41) is 5.12. The zero-order valence-corrected chi connectivity index (χ0v) is 12.5. The van der Waals surface area contributed by atoms with E-state index in [-0.39, 0.29) is 0 Å². The van der Waals surface area contributed by atoms with Crippen LogP contribution in [0.25, 0.3) is 0 Å². The van der Waals surface area contributed by atoms with E-state index in [9.17, 15) is 0 Å². The molecule has 19 heavy (non-hydrogen) atoms. The number of hydrogen-bond acceptors (Lipinski definition) is 3. The maximum absolute atomic E-state index is 5.86. The van der Waals surface area contributed by atoms with Gasteiger partial charge in [-0.15, -0.1) is 11.8 Å². The molecule has 2 rings (SSSR count). The lowest BCUT2D eigenvalue weighted by Crippen LogP contribution is -2.11. The lowest BCUT2D eigenvalue weighted by atomic mass is 10.2. The Kier molecular flexibility index (Phi) is 5.70. The molecule has 2 aromatic rings. The van der Waals surface area contributed by atoms with Crippen molar-refractivity contribution in [3.63, 3.8) is 0 Å². The van der Waals surface area contributed by atoms with E-state index in [1.165, 1.54) is 11.1 Å². The van der Waals surface area contributed by atoms with Gasteiger partial charge in [0.25, 0.3) is 0 Å². The molecule has 100 valence electrons. The molecular weight excluding hydrogens is 276 g/mol. The van der Waals surface area contributed by atoms with Crippen molar-refractivity contribution in [1.82, 2.24) is 10.3 Å². The summed E-state index contributed by atoms with van der Waals surface area (Å²) in [6.45, 7) is 3.96. The first-order valence-corrected chi connectivity index (χ1v) is 7.67. The maximum Gasteiger partial charge on any atom is 0.0963 e. The van der Waals surface area contributed by atoms with Crippen molar-refractivity contribution in [3.05, 3.63) is 58.7 Å². The van der Waals surface area contributed by atoms with Gasteiger partial charge in [-0.25, -0.2) is 4.98 Å². The van der Waals surface area contributed by atoms with Crippen LogP contribution in [0.15, 0.2) is 47.6 Å². The van der Waals surface area contributed by atoms with Crippen LogP contribution in [0.5, 0.6) is 0 Å². The summed E-state index contributed by atoms with van der Waals surface area (Å²) >= 11 is 7.60. The third-order valence-electron chi connectivity index (χ3n) is 2.68. The molecule has 0 amide bonds. The van der Waals surface area contributed by atoms with Crippen LogP contribution in [0.3, 0.4) is 0 Å². The van der Waals surface area contributed by atoms with Crippen molar-refractivity contribution in [3.8, 4) is 0 Å². The monoisotopic (exact) mass is 292 g/mol. The molecule has 0 saturated heterocycles. The minimum atomic E-state index is 0.777. The van der Waals surface area contributed by atoms with Gasteiger partial charge in [-0.3, -0.25) is 0 Å². The number of rotatable bonds is 6. The van der Waals surface area contributed by atoms with E-state index in [0.29, 0.717) is 0 Å². The number of nitrogens with one attached hydrogen (secondary N) is 1. The Hall–Kier alpha value is -1.03. The minimum absolute atomic E-state index is 0.777. The smallest absolute Gasteiger partial charge is 0.0963 e. The van der Waals surface area contributed by atoms with Crippen LogP contribution in [0.2, 0.25) is 5.02 Å². The van der Waals surface area contributed by atoms with Gasteiger partial charge in [0.1, 0.15) is 0 Å². The third-order valence-corrected chi connectivity index (χ3v) is 3.94. The van der Waals surface area contributed by atoms with Gasteiger partial charge in [0.2, 0.25) is 0 Å². The lowest BCUT2D eigenvalue weighted by Gasteiger charge is -2.04. The fourth-order valence-corrected chi connectivity index (χ4v) is 2.53. The second-order valence-electron chi connectivity index (χ2n) is 4.20. The molecule has 0 atom stereocenters. The predicted molar refractivity (Wildman–Crippen MR) is 82.6 cm³/mol. The maximum atomic E-state index is 5.86. The highest BCUT2D eigenvalue weighted by atomic mass is 35.5. The van der Waals surface area contributed by atoms with Gasteiger partial charge in [0, 0.05) is 23.5 Å². The Morgan fingerprint density at radius 2 is 1.84 bits per heavy atom. The van der Waals surface area contributed by atoms with Crippen molar-refractivity contribution in [1.29, 1.82) is 0 Å². The number of nitrogens with zero attached hydrogens (tertiary/aromatic N) is 1. The van der Waals surface area contributed by atoms with Gasteiger partial charge in [-0.2, -0.15) is 0 Å². The van der Waals surface area contributed by atoms with Crippen molar-refractivity contribution >= 4 is 23.4 Å². The van der Waals surface area contributed by atoms with Crippen LogP contribution in [-0.2, 0) is 12.3 Å². The highest BCUT2D eigenvalue weighted by Gasteiger charge is 1.99. The summed E-state index contributed by atoms with van der Waals surface area (Å²) in [4.78, 5) is 4.46. The van der Waals surface area contributed by atoms with E-state index in [2.05, 4.69) is 41.5 Å². The first kappa shape index (κ1) is 14.4. The molecular formula is C15H17ClN2S. The Morgan fingerprint density at radius 1 is 1.11 bits per heavy atom. The molecule has 0 aliphatic carbocycles. The number of halogens is 1. The fraction of sp³-hybridized carbons (Fsp3) is 0.267. The second kappa shape index (κ2) is 7.53. The topological polar surface area (TPSA) is 24.9 Å². The second-order valence-corrected chi connectivity index (χ2v) is 5.63. The molecule has 0 aliphatic rings. The quantitative estimate of drug-likeness (QED) is 0.810. The summed E-state index contributed by atoms with van der Waals surface area (Å²) in [6.07, 6.45) is 1.94. The van der Waals surface area contributed by atoms with E-state index in [4.69, 9.17) is 11.6 Å². The van der Waals surface area contributed by atoms with Crippen LogP contribution in [0, 0.1) is 0 Å². The predicted octanol–water partition coefficient (Wildman–Crippen LogP) is 4.14. The largest absolute Gasteiger partial charge is 0.313 e. The minimum Gasteiger partial charge on any atom is -0.313 e. The first-order chi connectivity index (χ1) is 9.28. The van der Waals surface area contributed by atoms with E-state index in [1.54, 1.807) is 11.8 Å². The summed E-state index contributed by atoms with van der Waals surface area (Å²) in [5.41, 5.74) is 2.48. The Balaban J connectivity index is 1.87. The lowest BCUT2D eigenvalue weighted by molar-refractivity contribution is 0.723. The Labute approximate surface area is 123 Å². The van der Waals surface area contributed by atoms with E-state index >= 15 is 0 Å². The summed E-state index contributed by atoms with van der Waals surface area (Å²) in [7, 11) is 0. The van der Waals surface area contributed by atoms with Gasteiger partial charge < -0.3 is 5.32 Å². The third kappa shape index (κ3) is 4.86. The summed E-state index contributed by atoms with van der Waals surface area (Å²) in [5.74, 6) is 0.913. The molecule has 0 aliphatic heterocycles. The molecule has 4 heteroatoms. The molecule has 0 bridgehead atoms. The van der Waals surface area contributed by atoms with Crippen molar-refractivity contribution in [2.24, 2.45) is 0 Å². The van der Waals surface area contributed by atoms with Gasteiger partial charge in [-0.05, 0) is 35.9 Å². The van der Waals surface area contributed by atoms with Gasteiger partial charge in [0.15, 0.2) is 0 Å². The van der Waals surface area contributed by atoms with Gasteiger partial charge in [-0.1, -0.05) is 36.7 Å². The molecule has 0 spiro atoms. The highest BCUT2D eigenvalue weighted by Crippen LogP contribution is 2.21. The fourth-order valence-electron chi connectivity index (χ4n) is 1.61. The molecule has 1 aromatic carbocycles. The average molecular weight is 293 g/mol. The van der Waals surface area contributed by atoms with Crippen LogP contribution in [0.4, 0.5) is 0 Å². The van der Waals surface area contributed by atoms with Crippen LogP contribution in [-0.4, -0.2) is 11.5 Å². The molecule has 0 unspecified atom stereocenters. The molecule has 1 N–H and O–H groups in total. The van der Waals surface area contributed by atoms with Gasteiger partial charge >= 0.3 is 0 Å². The number of benzene rings is 1. The molecule has 1 heterocycles. The van der Waals surface area contributed by atoms with Crippen LogP contribution >= 0.6 is 23.4 Å².